The number of fused-ring (bicyclic) bond motifs is 4. The molecule has 0 aromatic carbocycles. The number of sulfonamides is 2. The first-order valence-corrected chi connectivity index (χ1v) is 15.3. The SMILES string of the molecule is CC1C2CC(C1S(C)(=O)=O)C(S(N)(=O)=O)C2.NS(=O)(=O)C1CC2C=CC1C2.O=S=O. The molecular formula is C16H28N2O8S4. The van der Waals surface area contributed by atoms with Crippen LogP contribution in [0.3, 0.4) is 0 Å². The van der Waals surface area contributed by atoms with E-state index in [-0.39, 0.29) is 28.9 Å². The van der Waals surface area contributed by atoms with Crippen molar-refractivity contribution in [1.29, 1.82) is 0 Å². The van der Waals surface area contributed by atoms with E-state index in [1.54, 1.807) is 0 Å². The number of nitrogens with two attached hydrogens (primary N) is 2. The predicted octanol–water partition coefficient (Wildman–Crippen LogP) is -0.698. The van der Waals surface area contributed by atoms with E-state index in [1.165, 1.54) is 6.26 Å². The Morgan fingerprint density at radius 2 is 1.37 bits per heavy atom. The lowest BCUT2D eigenvalue weighted by Crippen LogP contribution is -2.44. The molecule has 3 fully saturated rings. The van der Waals surface area contributed by atoms with Crippen molar-refractivity contribution in [3.63, 3.8) is 0 Å². The van der Waals surface area contributed by atoms with Gasteiger partial charge in [-0.05, 0) is 55.3 Å². The van der Waals surface area contributed by atoms with Gasteiger partial charge in [-0.3, -0.25) is 0 Å². The molecule has 174 valence electrons. The Morgan fingerprint density at radius 1 is 0.833 bits per heavy atom. The van der Waals surface area contributed by atoms with Crippen LogP contribution in [-0.2, 0) is 41.5 Å². The van der Waals surface area contributed by atoms with E-state index in [1.807, 2.05) is 13.0 Å². The molecule has 8 atom stereocenters. The first kappa shape index (κ1) is 25.6. The highest BCUT2D eigenvalue weighted by atomic mass is 32.2. The molecule has 4 N–H and O–H groups in total. The van der Waals surface area contributed by atoms with Crippen LogP contribution in [0.15, 0.2) is 12.2 Å². The molecule has 0 spiro atoms. The monoisotopic (exact) mass is 504 g/mol. The van der Waals surface area contributed by atoms with Gasteiger partial charge in [0.25, 0.3) is 0 Å². The highest BCUT2D eigenvalue weighted by Gasteiger charge is 2.57. The summed E-state index contributed by atoms with van der Waals surface area (Å²) in [6.07, 6.45) is 8.21. The van der Waals surface area contributed by atoms with Gasteiger partial charge in [0.2, 0.25) is 20.0 Å². The number of primary sulfonamides is 2. The minimum atomic E-state index is -3.61. The van der Waals surface area contributed by atoms with Crippen molar-refractivity contribution in [2.45, 2.75) is 48.4 Å². The normalized spacial score (nSPS) is 39.1. The Balaban J connectivity index is 0.000000198. The van der Waals surface area contributed by atoms with Crippen LogP contribution in [-0.4, -0.2) is 55.7 Å². The third kappa shape index (κ3) is 5.57. The first-order valence-electron chi connectivity index (χ1n) is 9.43. The maximum absolute atomic E-state index is 11.7. The van der Waals surface area contributed by atoms with E-state index in [9.17, 15) is 25.3 Å². The summed E-state index contributed by atoms with van der Waals surface area (Å²) >= 11 is -0.750. The average Bonchev–Trinajstić information content (AvgIpc) is 3.33. The Kier molecular flexibility index (Phi) is 7.73. The van der Waals surface area contributed by atoms with E-state index in [0.29, 0.717) is 18.8 Å². The van der Waals surface area contributed by atoms with Gasteiger partial charge in [0, 0.05) is 6.26 Å². The third-order valence-corrected chi connectivity index (χ3v) is 11.4. The number of allylic oxidation sites excluding steroid dienone is 2. The minimum Gasteiger partial charge on any atom is -0.229 e. The summed E-state index contributed by atoms with van der Waals surface area (Å²) in [5.41, 5.74) is 0. The molecule has 0 aromatic rings. The molecule has 3 saturated carbocycles. The molecule has 0 radical (unpaired) electrons. The predicted molar refractivity (Wildman–Crippen MR) is 112 cm³/mol. The van der Waals surface area contributed by atoms with Gasteiger partial charge in [-0.25, -0.2) is 35.5 Å². The van der Waals surface area contributed by atoms with Crippen molar-refractivity contribution < 1.29 is 33.7 Å². The van der Waals surface area contributed by atoms with E-state index in [4.69, 9.17) is 18.7 Å². The summed E-state index contributed by atoms with van der Waals surface area (Å²) in [6.45, 7) is 1.90. The lowest BCUT2D eigenvalue weighted by molar-refractivity contribution is 0.357. The first-order chi connectivity index (χ1) is 13.6. The molecule has 0 aromatic heterocycles. The second-order valence-electron chi connectivity index (χ2n) is 8.65. The zero-order valence-corrected chi connectivity index (χ0v) is 19.9. The Hall–Kier alpha value is -0.670. The van der Waals surface area contributed by atoms with E-state index in [0.717, 1.165) is 12.8 Å². The number of rotatable bonds is 3. The lowest BCUT2D eigenvalue weighted by atomic mass is 9.90. The van der Waals surface area contributed by atoms with Crippen LogP contribution in [0.2, 0.25) is 0 Å². The number of hydrogen-bond acceptors (Lipinski definition) is 8. The van der Waals surface area contributed by atoms with Crippen LogP contribution in [0, 0.1) is 29.6 Å². The van der Waals surface area contributed by atoms with Crippen LogP contribution in [0.1, 0.15) is 32.6 Å². The standard InChI is InChI=1S/C9H17NO4S2.C7H11NO2S.O2S/c1-5-6-3-7(9(5)15(2,11)12)8(4-6)16(10,13)14;8-11(9,10)7-4-5-1-2-6(7)3-5;1-3-2/h5-9H,3-4H2,1-2H3,(H2,10,13,14);1-2,5-7H,3-4H2,(H2,8,9,10);. The van der Waals surface area contributed by atoms with Gasteiger partial charge in [0.15, 0.2) is 9.84 Å². The molecule has 0 aliphatic heterocycles. The van der Waals surface area contributed by atoms with Crippen molar-refractivity contribution in [2.75, 3.05) is 6.26 Å². The number of hydrogen-bond donors (Lipinski definition) is 2. The quantitative estimate of drug-likeness (QED) is 0.472. The fourth-order valence-electron chi connectivity index (χ4n) is 5.70. The second-order valence-corrected chi connectivity index (χ2v) is 14.6. The van der Waals surface area contributed by atoms with Gasteiger partial charge in [0.05, 0.1) is 15.7 Å². The molecular weight excluding hydrogens is 476 g/mol. The highest BCUT2D eigenvalue weighted by molar-refractivity contribution is 7.91. The number of sulfone groups is 1. The minimum absolute atomic E-state index is 0.0537. The lowest BCUT2D eigenvalue weighted by Gasteiger charge is -2.31. The van der Waals surface area contributed by atoms with Gasteiger partial charge in [-0.1, -0.05) is 19.1 Å². The fraction of sp³-hybridized carbons (Fsp3) is 0.875. The van der Waals surface area contributed by atoms with Gasteiger partial charge in [0.1, 0.15) is 0 Å². The van der Waals surface area contributed by atoms with Crippen molar-refractivity contribution in [2.24, 2.45) is 39.9 Å². The zero-order chi connectivity index (χ0) is 23.1. The molecule has 4 aliphatic carbocycles. The van der Waals surface area contributed by atoms with Gasteiger partial charge in [-0.2, -0.15) is 8.42 Å². The van der Waals surface area contributed by atoms with Crippen LogP contribution in [0.25, 0.3) is 0 Å². The van der Waals surface area contributed by atoms with E-state index >= 15 is 0 Å². The van der Waals surface area contributed by atoms with Crippen LogP contribution < -0.4 is 10.3 Å². The van der Waals surface area contributed by atoms with Crippen molar-refractivity contribution in [3.05, 3.63) is 12.2 Å². The Morgan fingerprint density at radius 3 is 1.67 bits per heavy atom. The molecule has 30 heavy (non-hydrogen) atoms. The fourth-order valence-corrected chi connectivity index (χ4v) is 10.2. The summed E-state index contributed by atoms with van der Waals surface area (Å²) in [5.74, 6) is 0.620. The molecule has 14 heteroatoms. The van der Waals surface area contributed by atoms with Gasteiger partial charge < -0.3 is 0 Å². The smallest absolute Gasteiger partial charge is 0.229 e. The molecule has 4 aliphatic rings. The van der Waals surface area contributed by atoms with Crippen LogP contribution >= 0.6 is 0 Å². The van der Waals surface area contributed by atoms with Crippen molar-refractivity contribution >= 4 is 41.5 Å². The molecule has 8 unspecified atom stereocenters. The maximum Gasteiger partial charge on any atom is 0.335 e. The zero-order valence-electron chi connectivity index (χ0n) is 16.7. The summed E-state index contributed by atoms with van der Waals surface area (Å²) < 4.78 is 84.6. The third-order valence-electron chi connectivity index (χ3n) is 6.83. The van der Waals surface area contributed by atoms with E-state index < -0.39 is 52.0 Å². The van der Waals surface area contributed by atoms with Gasteiger partial charge in [-0.15, -0.1) is 0 Å². The summed E-state index contributed by atoms with van der Waals surface area (Å²) in [5, 5.41) is 8.74. The van der Waals surface area contributed by atoms with Crippen molar-refractivity contribution in [1.82, 2.24) is 0 Å². The Labute approximate surface area is 181 Å². The highest BCUT2D eigenvalue weighted by Crippen LogP contribution is 2.52. The Bertz CT molecular complexity index is 1030. The molecule has 4 bridgehead atoms. The van der Waals surface area contributed by atoms with Crippen molar-refractivity contribution in [3.8, 4) is 0 Å². The average molecular weight is 505 g/mol. The van der Waals surface area contributed by atoms with Crippen LogP contribution in [0.5, 0.6) is 0 Å². The summed E-state index contributed by atoms with van der Waals surface area (Å²) in [4.78, 5) is 0. The van der Waals surface area contributed by atoms with Crippen LogP contribution in [0.4, 0.5) is 0 Å². The van der Waals surface area contributed by atoms with Gasteiger partial charge >= 0.3 is 11.6 Å². The molecule has 0 amide bonds. The second kappa shape index (κ2) is 9.06. The summed E-state index contributed by atoms with van der Waals surface area (Å²) in [7, 11) is -10.1. The molecule has 10 nitrogen and oxygen atoms in total. The molecule has 0 saturated heterocycles. The molecule has 0 heterocycles. The largest absolute Gasteiger partial charge is 0.335 e. The topological polar surface area (TPSA) is 189 Å². The maximum atomic E-state index is 11.7. The van der Waals surface area contributed by atoms with E-state index in [2.05, 4.69) is 6.08 Å². The summed E-state index contributed by atoms with van der Waals surface area (Å²) in [6, 6.07) is 0. The molecule has 4 rings (SSSR count).